The van der Waals surface area contributed by atoms with Gasteiger partial charge in [0.05, 0.1) is 29.2 Å². The minimum atomic E-state index is -0.208. The number of benzene rings is 3. The predicted octanol–water partition coefficient (Wildman–Crippen LogP) is 4.13. The Labute approximate surface area is 237 Å². The van der Waals surface area contributed by atoms with Crippen LogP contribution in [-0.2, 0) is 11.3 Å². The van der Waals surface area contributed by atoms with Crippen LogP contribution in [0.3, 0.4) is 0 Å². The Bertz CT molecular complexity index is 1560. The second-order valence-corrected chi connectivity index (χ2v) is 10.4. The SMILES string of the molecule is CC(C)Oc1ccccc1-n1c(CN2CCN(C(=O)COc3ccc(Cl)cc3)CC2)nc2ccc(N)cc2c1=O. The first-order valence-electron chi connectivity index (χ1n) is 13.2. The fraction of sp³-hybridized carbons (Fsp3) is 0.300. The van der Waals surface area contributed by atoms with E-state index >= 15 is 0 Å². The highest BCUT2D eigenvalue weighted by Gasteiger charge is 2.24. The van der Waals surface area contributed by atoms with Crippen LogP contribution < -0.4 is 20.8 Å². The number of hydrogen-bond acceptors (Lipinski definition) is 7. The van der Waals surface area contributed by atoms with Crippen LogP contribution >= 0.6 is 11.6 Å². The van der Waals surface area contributed by atoms with E-state index in [9.17, 15) is 9.59 Å². The lowest BCUT2D eigenvalue weighted by Gasteiger charge is -2.34. The van der Waals surface area contributed by atoms with Gasteiger partial charge in [-0.3, -0.25) is 19.1 Å². The molecule has 0 atom stereocenters. The number of hydrogen-bond donors (Lipinski definition) is 1. The van der Waals surface area contributed by atoms with Gasteiger partial charge in [-0.15, -0.1) is 0 Å². The van der Waals surface area contributed by atoms with Gasteiger partial charge < -0.3 is 20.1 Å². The van der Waals surface area contributed by atoms with Crippen molar-refractivity contribution in [3.8, 4) is 17.2 Å². The third-order valence-electron chi connectivity index (χ3n) is 6.70. The molecule has 1 saturated heterocycles. The van der Waals surface area contributed by atoms with E-state index in [4.69, 9.17) is 31.8 Å². The average molecular weight is 562 g/mol. The molecule has 40 heavy (non-hydrogen) atoms. The summed E-state index contributed by atoms with van der Waals surface area (Å²) in [5.74, 6) is 1.71. The molecule has 5 rings (SSSR count). The van der Waals surface area contributed by atoms with Gasteiger partial charge in [-0.25, -0.2) is 4.98 Å². The van der Waals surface area contributed by atoms with Crippen molar-refractivity contribution in [3.63, 3.8) is 0 Å². The van der Waals surface area contributed by atoms with Crippen molar-refractivity contribution in [2.45, 2.75) is 26.5 Å². The van der Waals surface area contributed by atoms with Crippen molar-refractivity contribution >= 4 is 34.1 Å². The van der Waals surface area contributed by atoms with E-state index in [0.717, 1.165) is 0 Å². The molecule has 10 heteroatoms. The molecule has 9 nitrogen and oxygen atoms in total. The van der Waals surface area contributed by atoms with E-state index in [0.29, 0.717) is 77.3 Å². The van der Waals surface area contributed by atoms with Crippen molar-refractivity contribution in [2.24, 2.45) is 0 Å². The Morgan fingerprint density at radius 3 is 2.48 bits per heavy atom. The van der Waals surface area contributed by atoms with Crippen LogP contribution in [0.5, 0.6) is 11.5 Å². The van der Waals surface area contributed by atoms with E-state index < -0.39 is 0 Å². The number of rotatable bonds is 8. The molecule has 0 unspecified atom stereocenters. The highest BCUT2D eigenvalue weighted by Crippen LogP contribution is 2.26. The van der Waals surface area contributed by atoms with Gasteiger partial charge in [-0.2, -0.15) is 0 Å². The minimum Gasteiger partial charge on any atom is -0.489 e. The number of anilines is 1. The zero-order valence-corrected chi connectivity index (χ0v) is 23.3. The molecule has 2 heterocycles. The molecule has 0 radical (unpaired) electrons. The van der Waals surface area contributed by atoms with E-state index in [1.165, 1.54) is 0 Å². The van der Waals surface area contributed by atoms with E-state index in [-0.39, 0.29) is 24.2 Å². The largest absolute Gasteiger partial charge is 0.489 e. The first-order valence-corrected chi connectivity index (χ1v) is 13.6. The number of nitrogens with two attached hydrogens (primary N) is 1. The van der Waals surface area contributed by atoms with Gasteiger partial charge >= 0.3 is 0 Å². The maximum Gasteiger partial charge on any atom is 0.266 e. The molecule has 0 saturated carbocycles. The van der Waals surface area contributed by atoms with Crippen molar-refractivity contribution in [2.75, 3.05) is 38.5 Å². The summed E-state index contributed by atoms with van der Waals surface area (Å²) < 4.78 is 13.3. The fourth-order valence-corrected chi connectivity index (χ4v) is 4.85. The number of fused-ring (bicyclic) bond motifs is 1. The number of carbonyl (C=O) groups is 1. The third kappa shape index (κ3) is 6.21. The van der Waals surface area contributed by atoms with Crippen molar-refractivity contribution in [3.05, 3.63) is 87.9 Å². The van der Waals surface area contributed by atoms with Gasteiger partial charge in [-0.1, -0.05) is 23.7 Å². The molecule has 3 aromatic carbocycles. The number of halogens is 1. The minimum absolute atomic E-state index is 0.0385. The molecule has 0 aliphatic carbocycles. The molecule has 0 spiro atoms. The Hall–Kier alpha value is -4.08. The second kappa shape index (κ2) is 12.0. The standard InChI is InChI=1S/C30H32ClN5O4/c1-20(2)40-27-6-4-3-5-26(27)36-28(33-25-12-9-22(32)17-24(25)30(36)38)18-34-13-15-35(16-14-34)29(37)19-39-23-10-7-21(31)8-11-23/h3-12,17,20H,13-16,18-19,32H2,1-2H3. The Balaban J connectivity index is 1.36. The molecular weight excluding hydrogens is 530 g/mol. The number of amides is 1. The van der Waals surface area contributed by atoms with Crippen molar-refractivity contribution in [1.82, 2.24) is 19.4 Å². The Kier molecular flexibility index (Phi) is 8.23. The lowest BCUT2D eigenvalue weighted by atomic mass is 10.2. The topological polar surface area (TPSA) is 103 Å². The number of nitrogen functional groups attached to an aromatic ring is 1. The van der Waals surface area contributed by atoms with Gasteiger partial charge in [-0.05, 0) is 68.4 Å². The zero-order valence-electron chi connectivity index (χ0n) is 22.5. The first kappa shape index (κ1) is 27.5. The molecule has 2 N–H and O–H groups in total. The predicted molar refractivity (Wildman–Crippen MR) is 156 cm³/mol. The van der Waals surface area contributed by atoms with Crippen LogP contribution in [-0.4, -0.2) is 64.1 Å². The lowest BCUT2D eigenvalue weighted by molar-refractivity contribution is -0.135. The number of para-hydroxylation sites is 2. The smallest absolute Gasteiger partial charge is 0.266 e. The molecule has 1 aliphatic rings. The first-order chi connectivity index (χ1) is 19.3. The maximum atomic E-state index is 13.8. The summed E-state index contributed by atoms with van der Waals surface area (Å²) in [6.07, 6.45) is -0.0707. The molecule has 208 valence electrons. The number of nitrogens with zero attached hydrogens (tertiary/aromatic N) is 4. The van der Waals surface area contributed by atoms with E-state index in [1.54, 1.807) is 51.9 Å². The van der Waals surface area contributed by atoms with Gasteiger partial charge in [0, 0.05) is 36.9 Å². The van der Waals surface area contributed by atoms with Gasteiger partial charge in [0.2, 0.25) is 0 Å². The molecule has 0 bridgehead atoms. The summed E-state index contributed by atoms with van der Waals surface area (Å²) in [6, 6.07) is 19.6. The normalized spacial score (nSPS) is 14.1. The highest BCUT2D eigenvalue weighted by molar-refractivity contribution is 6.30. The maximum absolute atomic E-state index is 13.8. The molecule has 1 aromatic heterocycles. The molecular formula is C30H32ClN5O4. The average Bonchev–Trinajstić information content (AvgIpc) is 2.94. The number of aromatic nitrogens is 2. The molecule has 4 aromatic rings. The van der Waals surface area contributed by atoms with E-state index in [1.807, 2.05) is 38.1 Å². The van der Waals surface area contributed by atoms with Crippen molar-refractivity contribution in [1.29, 1.82) is 0 Å². The summed E-state index contributed by atoms with van der Waals surface area (Å²) in [6.45, 7) is 6.63. The summed E-state index contributed by atoms with van der Waals surface area (Å²) >= 11 is 5.91. The molecule has 1 fully saturated rings. The molecule has 1 aliphatic heterocycles. The van der Waals surface area contributed by atoms with Gasteiger partial charge in [0.25, 0.3) is 11.5 Å². The van der Waals surface area contributed by atoms with Crippen LogP contribution in [0.25, 0.3) is 16.6 Å². The lowest BCUT2D eigenvalue weighted by Crippen LogP contribution is -2.50. The third-order valence-corrected chi connectivity index (χ3v) is 6.95. The summed E-state index contributed by atoms with van der Waals surface area (Å²) in [7, 11) is 0. The summed E-state index contributed by atoms with van der Waals surface area (Å²) in [4.78, 5) is 35.5. The Morgan fingerprint density at radius 1 is 1.02 bits per heavy atom. The van der Waals surface area contributed by atoms with Crippen LogP contribution in [0.4, 0.5) is 5.69 Å². The Morgan fingerprint density at radius 2 is 1.75 bits per heavy atom. The van der Waals surface area contributed by atoms with E-state index in [2.05, 4.69) is 4.90 Å². The van der Waals surface area contributed by atoms with Crippen LogP contribution in [0.2, 0.25) is 5.02 Å². The number of carbonyl (C=O) groups excluding carboxylic acids is 1. The monoisotopic (exact) mass is 561 g/mol. The van der Waals surface area contributed by atoms with Crippen LogP contribution in [0.15, 0.2) is 71.5 Å². The number of ether oxygens (including phenoxy) is 2. The summed E-state index contributed by atoms with van der Waals surface area (Å²) in [5.41, 5.74) is 7.51. The second-order valence-electron chi connectivity index (χ2n) is 9.98. The van der Waals surface area contributed by atoms with Gasteiger partial charge in [0.15, 0.2) is 6.61 Å². The van der Waals surface area contributed by atoms with Crippen molar-refractivity contribution < 1.29 is 14.3 Å². The summed E-state index contributed by atoms with van der Waals surface area (Å²) in [5, 5.41) is 1.06. The van der Waals surface area contributed by atoms with Crippen LogP contribution in [0, 0.1) is 0 Å². The fourth-order valence-electron chi connectivity index (χ4n) is 4.72. The quantitative estimate of drug-likeness (QED) is 0.323. The zero-order chi connectivity index (χ0) is 28.2. The highest BCUT2D eigenvalue weighted by atomic mass is 35.5. The van der Waals surface area contributed by atoms with Gasteiger partial charge in [0.1, 0.15) is 17.3 Å². The van der Waals surface area contributed by atoms with Crippen LogP contribution in [0.1, 0.15) is 19.7 Å². The molecule has 1 amide bonds. The number of piperazine rings is 1.